The zero-order valence-corrected chi connectivity index (χ0v) is 9.86. The van der Waals surface area contributed by atoms with Crippen molar-refractivity contribution in [3.8, 4) is 16.9 Å². The number of diazo groups is 1. The summed E-state index contributed by atoms with van der Waals surface area (Å²) in [5.41, 5.74) is -0.103. The summed E-state index contributed by atoms with van der Waals surface area (Å²) in [5.74, 6) is -1.18. The molecule has 0 aliphatic carbocycles. The molecule has 0 aliphatic rings. The second kappa shape index (κ2) is 5.17. The molecule has 3 nitrogen and oxygen atoms in total. The van der Waals surface area contributed by atoms with Gasteiger partial charge in [0.1, 0.15) is 11.6 Å². The van der Waals surface area contributed by atoms with E-state index < -0.39 is 17.9 Å². The van der Waals surface area contributed by atoms with Gasteiger partial charge < -0.3 is 4.74 Å². The van der Waals surface area contributed by atoms with Crippen molar-refractivity contribution in [3.63, 3.8) is 0 Å². The van der Waals surface area contributed by atoms with Gasteiger partial charge in [-0.05, 0) is 18.2 Å². The van der Waals surface area contributed by atoms with Crippen molar-refractivity contribution in [3.05, 3.63) is 53.3 Å². The number of rotatable bonds is 2. The third kappa shape index (κ3) is 3.03. The van der Waals surface area contributed by atoms with E-state index >= 15 is 0 Å². The lowest BCUT2D eigenvalue weighted by Crippen LogP contribution is -2.17. The molecule has 0 aromatic heterocycles. The normalized spacial score (nSPS) is 10.9. The molecule has 0 saturated heterocycles. The summed E-state index contributed by atoms with van der Waals surface area (Å²) in [5, 5.41) is 8.83. The highest BCUT2D eigenvalue weighted by molar-refractivity contribution is 5.82. The van der Waals surface area contributed by atoms with E-state index in [1.54, 1.807) is 0 Å². The average molecular weight is 283 g/mol. The van der Waals surface area contributed by atoms with Gasteiger partial charge in [-0.3, -0.25) is 0 Å². The number of hydrogen-bond donors (Lipinski definition) is 0. The number of benzene rings is 2. The highest BCUT2D eigenvalue weighted by Gasteiger charge is 2.33. The topological polar surface area (TPSA) is 37.4 Å². The van der Waals surface area contributed by atoms with Crippen LogP contribution in [0.4, 0.5) is 23.2 Å². The van der Waals surface area contributed by atoms with E-state index in [-0.39, 0.29) is 16.8 Å². The predicted molar refractivity (Wildman–Crippen MR) is 63.3 cm³/mol. The summed E-state index contributed by atoms with van der Waals surface area (Å²) in [4.78, 5) is 2.92. The summed E-state index contributed by atoms with van der Waals surface area (Å²) in [7, 11) is 0. The maximum Gasteiger partial charge on any atom is 0.573 e. The minimum Gasteiger partial charge on any atom is -0.405 e. The van der Waals surface area contributed by atoms with Crippen LogP contribution in [0.25, 0.3) is 16.1 Å². The molecule has 0 saturated carbocycles. The van der Waals surface area contributed by atoms with Gasteiger partial charge in [0.2, 0.25) is 5.39 Å². The third-order valence-corrected chi connectivity index (χ3v) is 2.47. The molecule has 0 bridgehead atoms. The molecule has 0 atom stereocenters. The van der Waals surface area contributed by atoms with Crippen LogP contribution < -0.4 is 4.74 Å². The second-order valence-electron chi connectivity index (χ2n) is 3.81. The Morgan fingerprint density at radius 2 is 1.70 bits per heavy atom. The van der Waals surface area contributed by atoms with E-state index in [0.29, 0.717) is 0 Å². The van der Waals surface area contributed by atoms with Gasteiger partial charge in [-0.2, -0.15) is 0 Å². The minimum absolute atomic E-state index is 0.00708. The molecule has 0 amide bonds. The van der Waals surface area contributed by atoms with Crippen LogP contribution in [0, 0.1) is 11.2 Å². The summed E-state index contributed by atoms with van der Waals surface area (Å²) in [6.45, 7) is 0. The standard InChI is InChI=1S/C13H7F4N2O/c14-8-5-6-11(19-18)10(7-8)9-3-1-2-4-12(9)20-13(15,16)17/h1-7H/q+1. The Balaban J connectivity index is 2.59. The van der Waals surface area contributed by atoms with E-state index in [2.05, 4.69) is 9.71 Å². The molecule has 20 heavy (non-hydrogen) atoms. The Bertz CT molecular complexity index is 677. The zero-order chi connectivity index (χ0) is 14.8. The molecule has 0 heterocycles. The van der Waals surface area contributed by atoms with Gasteiger partial charge in [0.05, 0.1) is 5.56 Å². The first-order valence-corrected chi connectivity index (χ1v) is 5.40. The molecule has 0 N–H and O–H groups in total. The minimum atomic E-state index is -4.88. The van der Waals surface area contributed by atoms with E-state index in [0.717, 1.165) is 24.3 Å². The van der Waals surface area contributed by atoms with Crippen LogP contribution in [-0.2, 0) is 0 Å². The highest BCUT2D eigenvalue weighted by atomic mass is 19.4. The van der Waals surface area contributed by atoms with Gasteiger partial charge in [0, 0.05) is 11.6 Å². The lowest BCUT2D eigenvalue weighted by molar-refractivity contribution is -0.274. The molecule has 0 fully saturated rings. The van der Waals surface area contributed by atoms with E-state index in [4.69, 9.17) is 5.39 Å². The van der Waals surface area contributed by atoms with Crippen molar-refractivity contribution in [2.45, 2.75) is 6.36 Å². The van der Waals surface area contributed by atoms with Crippen molar-refractivity contribution >= 4 is 5.69 Å². The number of ether oxygens (including phenoxy) is 1. The van der Waals surface area contributed by atoms with Crippen LogP contribution in [0.2, 0.25) is 0 Å². The first-order chi connectivity index (χ1) is 9.40. The van der Waals surface area contributed by atoms with E-state index in [1.807, 2.05) is 0 Å². The van der Waals surface area contributed by atoms with Gasteiger partial charge in [-0.1, -0.05) is 18.2 Å². The lowest BCUT2D eigenvalue weighted by Gasteiger charge is -2.12. The zero-order valence-electron chi connectivity index (χ0n) is 9.86. The Morgan fingerprint density at radius 3 is 2.35 bits per heavy atom. The third-order valence-electron chi connectivity index (χ3n) is 2.47. The Hall–Kier alpha value is -2.62. The van der Waals surface area contributed by atoms with Crippen molar-refractivity contribution in [2.24, 2.45) is 0 Å². The fourth-order valence-corrected chi connectivity index (χ4v) is 1.71. The van der Waals surface area contributed by atoms with Gasteiger partial charge in [-0.15, -0.1) is 13.2 Å². The largest absolute Gasteiger partial charge is 0.573 e. The molecule has 0 aliphatic heterocycles. The van der Waals surface area contributed by atoms with Crippen LogP contribution in [0.1, 0.15) is 0 Å². The van der Waals surface area contributed by atoms with Crippen molar-refractivity contribution in [1.82, 2.24) is 0 Å². The molecular weight excluding hydrogens is 276 g/mol. The van der Waals surface area contributed by atoms with Crippen molar-refractivity contribution in [1.29, 1.82) is 5.39 Å². The number of alkyl halides is 3. The lowest BCUT2D eigenvalue weighted by atomic mass is 10.0. The van der Waals surface area contributed by atoms with Crippen LogP contribution in [0.3, 0.4) is 0 Å². The fourth-order valence-electron chi connectivity index (χ4n) is 1.71. The number of hydrogen-bond acceptors (Lipinski definition) is 2. The fraction of sp³-hybridized carbons (Fsp3) is 0.0769. The van der Waals surface area contributed by atoms with Gasteiger partial charge in [0.25, 0.3) is 0 Å². The highest BCUT2D eigenvalue weighted by Crippen LogP contribution is 2.38. The molecule has 0 unspecified atom stereocenters. The quantitative estimate of drug-likeness (QED) is 0.582. The van der Waals surface area contributed by atoms with Crippen LogP contribution in [-0.4, -0.2) is 6.36 Å². The SMILES string of the molecule is N#[N+]c1ccc(F)cc1-c1ccccc1OC(F)(F)F. The Kier molecular flexibility index (Phi) is 3.57. The molecule has 2 rings (SSSR count). The monoisotopic (exact) mass is 283 g/mol. The molecule has 7 heteroatoms. The first kappa shape index (κ1) is 13.8. The molecule has 2 aromatic rings. The van der Waals surface area contributed by atoms with Crippen molar-refractivity contribution in [2.75, 3.05) is 0 Å². The van der Waals surface area contributed by atoms with Crippen molar-refractivity contribution < 1.29 is 22.3 Å². The first-order valence-electron chi connectivity index (χ1n) is 5.40. The van der Waals surface area contributed by atoms with Gasteiger partial charge >= 0.3 is 12.0 Å². The second-order valence-corrected chi connectivity index (χ2v) is 3.81. The maximum absolute atomic E-state index is 13.3. The maximum atomic E-state index is 13.3. The summed E-state index contributed by atoms with van der Waals surface area (Å²) in [6.07, 6.45) is -4.88. The molecular formula is C13H7F4N2O+. The molecule has 0 spiro atoms. The Morgan fingerprint density at radius 1 is 1.00 bits per heavy atom. The van der Waals surface area contributed by atoms with Crippen LogP contribution >= 0.6 is 0 Å². The average Bonchev–Trinajstić information content (AvgIpc) is 2.37. The number of halogens is 4. The van der Waals surface area contributed by atoms with E-state index in [1.165, 1.54) is 18.2 Å². The summed E-state index contributed by atoms with van der Waals surface area (Å²) < 4.78 is 54.1. The molecule has 102 valence electrons. The van der Waals surface area contributed by atoms with Crippen LogP contribution in [0.15, 0.2) is 42.5 Å². The van der Waals surface area contributed by atoms with Gasteiger partial charge in [-0.25, -0.2) is 4.39 Å². The number of nitrogens with zero attached hydrogens (tertiary/aromatic N) is 2. The molecule has 0 radical (unpaired) electrons. The van der Waals surface area contributed by atoms with E-state index in [9.17, 15) is 17.6 Å². The predicted octanol–water partition coefficient (Wildman–Crippen LogP) is 4.88. The number of para-hydroxylation sites is 1. The summed E-state index contributed by atoms with van der Waals surface area (Å²) in [6, 6.07) is 8.36. The molecule has 2 aromatic carbocycles. The Labute approximate surface area is 111 Å². The smallest absolute Gasteiger partial charge is 0.405 e. The van der Waals surface area contributed by atoms with Gasteiger partial charge in [0.15, 0.2) is 4.98 Å². The summed E-state index contributed by atoms with van der Waals surface area (Å²) >= 11 is 0. The van der Waals surface area contributed by atoms with Crippen LogP contribution in [0.5, 0.6) is 5.75 Å².